The first kappa shape index (κ1) is 21.6. The molecular formula is C22H24N4O2STm. The van der Waals surface area contributed by atoms with E-state index in [0.29, 0.717) is 14.9 Å². The second-order valence-electron chi connectivity index (χ2n) is 7.47. The summed E-state index contributed by atoms with van der Waals surface area (Å²) in [5.41, 5.74) is 10.1. The summed E-state index contributed by atoms with van der Waals surface area (Å²) in [6.07, 6.45) is 2.22. The maximum absolute atomic E-state index is 12.0. The molecule has 1 atom stereocenters. The van der Waals surface area contributed by atoms with Gasteiger partial charge in [-0.3, -0.25) is 0 Å². The number of carbonyl (C=O) groups is 1. The van der Waals surface area contributed by atoms with Gasteiger partial charge in [0.1, 0.15) is 0 Å². The summed E-state index contributed by atoms with van der Waals surface area (Å²) in [4.78, 5) is 14.9. The molecule has 3 aromatic rings. The molecule has 1 amide bonds. The van der Waals surface area contributed by atoms with Crippen molar-refractivity contribution in [2.24, 2.45) is 5.73 Å². The Labute approximate surface area is 202 Å². The van der Waals surface area contributed by atoms with E-state index in [9.17, 15) is 4.79 Å². The van der Waals surface area contributed by atoms with Crippen LogP contribution in [0.15, 0.2) is 36.9 Å². The van der Waals surface area contributed by atoms with Crippen molar-refractivity contribution in [1.82, 2.24) is 9.58 Å². The number of nitrogens with zero attached hydrogens (tertiary/aromatic N) is 2. The fraction of sp³-hybridized carbons (Fsp3) is 0.273. The fourth-order valence-corrected chi connectivity index (χ4v) is 5.75. The standard InChI is InChI=1S/C22H24N4O2S.Tm/c1-4-21(27)25-6-5-14(12-25)17-10-16(18(11-23)26(17)24)20-9-15-7-13(2)8-19(28-3)22(15)29-20;/h4,7-10,14H,1,5-6,12,23-24H2,2-3H3;/t14-;/m0./s1. The van der Waals surface area contributed by atoms with Crippen LogP contribution >= 0.6 is 11.3 Å². The number of rotatable bonds is 5. The molecule has 1 aromatic carbocycles. The molecule has 4 rings (SSSR count). The van der Waals surface area contributed by atoms with Crippen LogP contribution < -0.4 is 16.3 Å². The summed E-state index contributed by atoms with van der Waals surface area (Å²) in [5, 5.41) is 1.13. The van der Waals surface area contributed by atoms with Gasteiger partial charge < -0.3 is 0 Å². The van der Waals surface area contributed by atoms with Crippen LogP contribution in [0.3, 0.4) is 0 Å². The van der Waals surface area contributed by atoms with E-state index in [-0.39, 0.29) is 11.8 Å². The van der Waals surface area contributed by atoms with Crippen molar-refractivity contribution in [1.29, 1.82) is 0 Å². The molecule has 0 spiro atoms. The molecule has 1 aliphatic heterocycles. The Balaban J connectivity index is 1.80. The molecule has 1 aliphatic rings. The average Bonchev–Trinajstić information content (AvgIpc) is 3.42. The monoisotopic (exact) mass is 577 g/mol. The van der Waals surface area contributed by atoms with Crippen LogP contribution in [0.2, 0.25) is 0 Å². The molecule has 3 heterocycles. The van der Waals surface area contributed by atoms with Crippen molar-refractivity contribution in [2.75, 3.05) is 26.0 Å². The Morgan fingerprint density at radius 1 is 1.37 bits per heavy atom. The van der Waals surface area contributed by atoms with E-state index < -0.39 is 0 Å². The first-order valence-corrected chi connectivity index (χ1v) is 11.3. The number of methoxy groups -OCH3 is 1. The van der Waals surface area contributed by atoms with Crippen molar-refractivity contribution in [3.8, 4) is 16.2 Å². The SMILES string of the molecule is C=CC(=O)N1CC[C@H](c2cc(-c3cc4cc(C)cc(OC)c4s3)c([C](N)=[Tm])n2N)C1. The number of benzene rings is 1. The van der Waals surface area contributed by atoms with Crippen LogP contribution in [0.1, 0.15) is 29.3 Å². The third kappa shape index (κ3) is 3.73. The zero-order chi connectivity index (χ0) is 21.6. The first-order chi connectivity index (χ1) is 14.3. The normalized spacial score (nSPS) is 16.3. The van der Waals surface area contributed by atoms with Crippen molar-refractivity contribution in [2.45, 2.75) is 19.3 Å². The average molecular weight is 577 g/mol. The number of hydrogen-bond donors (Lipinski definition) is 2. The summed E-state index contributed by atoms with van der Waals surface area (Å²) in [5.74, 6) is 7.48. The van der Waals surface area contributed by atoms with E-state index in [1.807, 2.05) is 11.0 Å². The molecule has 1 saturated heterocycles. The summed E-state index contributed by atoms with van der Waals surface area (Å²) in [6, 6.07) is 8.46. The Bertz CT molecular complexity index is 1180. The Hall–Kier alpha value is -1.67. The quantitative estimate of drug-likeness (QED) is 0.361. The Morgan fingerprint density at radius 2 is 2.13 bits per heavy atom. The maximum atomic E-state index is 12.0. The van der Waals surface area contributed by atoms with Crippen molar-refractivity contribution < 1.29 is 44.0 Å². The molecule has 1 fully saturated rings. The third-order valence-electron chi connectivity index (χ3n) is 5.57. The van der Waals surface area contributed by atoms with Crippen LogP contribution in [-0.2, 0) is 4.79 Å². The van der Waals surface area contributed by atoms with E-state index in [1.54, 1.807) is 23.1 Å². The van der Waals surface area contributed by atoms with Crippen LogP contribution in [0, 0.1) is 41.4 Å². The van der Waals surface area contributed by atoms with Gasteiger partial charge in [-0.05, 0) is 0 Å². The second kappa shape index (κ2) is 8.46. The number of amides is 1. The van der Waals surface area contributed by atoms with Gasteiger partial charge in [0.25, 0.3) is 0 Å². The topological polar surface area (TPSA) is 86.5 Å². The number of aryl methyl sites for hydroxylation is 1. The molecular weight excluding hydrogens is 553 g/mol. The van der Waals surface area contributed by atoms with Gasteiger partial charge in [0, 0.05) is 0 Å². The minimum atomic E-state index is -0.0457. The molecule has 2 aromatic heterocycles. The summed E-state index contributed by atoms with van der Waals surface area (Å²) < 4.78 is 8.91. The number of likely N-dealkylation sites (tertiary alicyclic amines) is 1. The predicted octanol–water partition coefficient (Wildman–Crippen LogP) is 2.89. The zero-order valence-corrected chi connectivity index (χ0v) is 19.4. The molecule has 0 saturated carbocycles. The Morgan fingerprint density at radius 3 is 2.80 bits per heavy atom. The van der Waals surface area contributed by atoms with E-state index in [4.69, 9.17) is 16.3 Å². The number of nitrogen functional groups attached to an aromatic ring is 1. The molecule has 163 valence electrons. The summed E-state index contributed by atoms with van der Waals surface area (Å²) >= 11 is 4.46. The van der Waals surface area contributed by atoms with Gasteiger partial charge >= 0.3 is 204 Å². The number of fused-ring (bicyclic) bond motifs is 1. The van der Waals surface area contributed by atoms with Crippen LogP contribution in [0.5, 0.6) is 5.75 Å². The van der Waals surface area contributed by atoms with Gasteiger partial charge in [0.2, 0.25) is 0 Å². The number of carbonyl (C=O) groups excluding carboxylic acids is 1. The first-order valence-electron chi connectivity index (χ1n) is 9.58. The molecule has 8 heteroatoms. The van der Waals surface area contributed by atoms with Crippen LogP contribution in [0.25, 0.3) is 20.5 Å². The molecule has 0 bridgehead atoms. The predicted molar refractivity (Wildman–Crippen MR) is 119 cm³/mol. The van der Waals surface area contributed by atoms with Crippen molar-refractivity contribution in [3.63, 3.8) is 0 Å². The molecule has 0 aliphatic carbocycles. The number of nitrogens with two attached hydrogens (primary N) is 2. The zero-order valence-electron chi connectivity index (χ0n) is 16.8. The summed E-state index contributed by atoms with van der Waals surface area (Å²) in [6.45, 7) is 6.97. The van der Waals surface area contributed by atoms with E-state index in [2.05, 4.69) is 66.1 Å². The van der Waals surface area contributed by atoms with E-state index >= 15 is 0 Å². The van der Waals surface area contributed by atoms with Gasteiger partial charge in [-0.2, -0.15) is 0 Å². The number of aromatic nitrogens is 1. The molecule has 0 radical (unpaired) electrons. The van der Waals surface area contributed by atoms with Gasteiger partial charge in [-0.15, -0.1) is 0 Å². The van der Waals surface area contributed by atoms with Crippen molar-refractivity contribution in [3.05, 3.63) is 53.9 Å². The fourth-order valence-electron chi connectivity index (χ4n) is 4.14. The van der Waals surface area contributed by atoms with Gasteiger partial charge in [0.05, 0.1) is 0 Å². The third-order valence-corrected chi connectivity index (χ3v) is 7.19. The van der Waals surface area contributed by atoms with Crippen LogP contribution in [0.4, 0.5) is 0 Å². The van der Waals surface area contributed by atoms with Gasteiger partial charge in [0.15, 0.2) is 0 Å². The second-order valence-corrected chi connectivity index (χ2v) is 9.48. The van der Waals surface area contributed by atoms with Crippen molar-refractivity contribution >= 4 is 29.2 Å². The van der Waals surface area contributed by atoms with Gasteiger partial charge in [-0.1, -0.05) is 0 Å². The minimum absolute atomic E-state index is 0.0457. The number of hydrogen-bond acceptors (Lipinski definition) is 5. The van der Waals surface area contributed by atoms with E-state index in [0.717, 1.165) is 49.6 Å². The molecule has 6 nitrogen and oxygen atoms in total. The molecule has 30 heavy (non-hydrogen) atoms. The van der Waals surface area contributed by atoms with E-state index in [1.165, 1.54) is 6.08 Å². The number of thiophene rings is 1. The summed E-state index contributed by atoms with van der Waals surface area (Å²) in [7, 11) is 1.69. The number of ether oxygens (including phenoxy) is 1. The molecule has 0 unspecified atom stereocenters. The molecule has 4 N–H and O–H groups in total. The van der Waals surface area contributed by atoms with Crippen LogP contribution in [-0.4, -0.2) is 37.5 Å². The Kier molecular flexibility index (Phi) is 6.08. The van der Waals surface area contributed by atoms with Gasteiger partial charge in [-0.25, -0.2) is 0 Å².